The fourth-order valence-corrected chi connectivity index (χ4v) is 3.50. The van der Waals surface area contributed by atoms with E-state index in [-0.39, 0.29) is 0 Å². The molecule has 0 aliphatic heterocycles. The van der Waals surface area contributed by atoms with Crippen LogP contribution < -0.4 is 5.32 Å². The predicted octanol–water partition coefficient (Wildman–Crippen LogP) is 5.30. The van der Waals surface area contributed by atoms with E-state index in [1.54, 1.807) is 0 Å². The van der Waals surface area contributed by atoms with Crippen LogP contribution in [-0.4, -0.2) is 12.6 Å². The molecule has 0 aromatic carbocycles. The maximum absolute atomic E-state index is 3.84. The Labute approximate surface area is 115 Å². The number of nitrogens with one attached hydrogen (secondary N) is 1. The Balaban J connectivity index is 2.30. The average Bonchev–Trinajstić information content (AvgIpc) is 2.80. The fraction of sp³-hybridized carbons (Fsp3) is 1.00. The van der Waals surface area contributed by atoms with Crippen molar-refractivity contribution in [3.8, 4) is 0 Å². The summed E-state index contributed by atoms with van der Waals surface area (Å²) in [6, 6.07) is 0.779. The van der Waals surface area contributed by atoms with Crippen LogP contribution in [0.1, 0.15) is 91.4 Å². The maximum atomic E-state index is 3.84. The van der Waals surface area contributed by atoms with Gasteiger partial charge < -0.3 is 5.32 Å². The van der Waals surface area contributed by atoms with Crippen molar-refractivity contribution < 1.29 is 0 Å². The van der Waals surface area contributed by atoms with Gasteiger partial charge in [-0.15, -0.1) is 0 Å². The standard InChI is InChI=1S/C17H35N/c1-4-6-7-8-9-12-16(18-15-5-2)17(3)13-10-11-14-17/h16,18H,4-15H2,1-3H3. The molecule has 1 unspecified atom stereocenters. The van der Waals surface area contributed by atoms with Crippen molar-refractivity contribution in [2.75, 3.05) is 6.54 Å². The minimum absolute atomic E-state index is 0.597. The van der Waals surface area contributed by atoms with E-state index in [9.17, 15) is 0 Å². The summed E-state index contributed by atoms with van der Waals surface area (Å²) in [5.74, 6) is 0. The van der Waals surface area contributed by atoms with Gasteiger partial charge in [0.05, 0.1) is 0 Å². The first-order valence-corrected chi connectivity index (χ1v) is 8.46. The summed E-state index contributed by atoms with van der Waals surface area (Å²) in [7, 11) is 0. The van der Waals surface area contributed by atoms with Gasteiger partial charge in [0, 0.05) is 6.04 Å². The number of hydrogen-bond acceptors (Lipinski definition) is 1. The van der Waals surface area contributed by atoms with Crippen LogP contribution in [0.25, 0.3) is 0 Å². The lowest BCUT2D eigenvalue weighted by molar-refractivity contribution is 0.206. The van der Waals surface area contributed by atoms with Crippen molar-refractivity contribution in [3.63, 3.8) is 0 Å². The van der Waals surface area contributed by atoms with E-state index >= 15 is 0 Å². The molecule has 1 aliphatic rings. The van der Waals surface area contributed by atoms with Crippen molar-refractivity contribution in [2.45, 2.75) is 97.4 Å². The van der Waals surface area contributed by atoms with E-state index in [2.05, 4.69) is 26.1 Å². The second kappa shape index (κ2) is 8.96. The highest BCUT2D eigenvalue weighted by molar-refractivity contribution is 4.91. The molecule has 0 heterocycles. The first-order chi connectivity index (χ1) is 8.73. The topological polar surface area (TPSA) is 12.0 Å². The third-order valence-corrected chi connectivity index (χ3v) is 4.82. The van der Waals surface area contributed by atoms with E-state index in [1.807, 2.05) is 0 Å². The van der Waals surface area contributed by atoms with Gasteiger partial charge >= 0.3 is 0 Å². The van der Waals surface area contributed by atoms with Crippen LogP contribution in [0.4, 0.5) is 0 Å². The van der Waals surface area contributed by atoms with E-state index in [0.29, 0.717) is 5.41 Å². The van der Waals surface area contributed by atoms with Crippen molar-refractivity contribution in [3.05, 3.63) is 0 Å². The van der Waals surface area contributed by atoms with Crippen LogP contribution in [0.2, 0.25) is 0 Å². The van der Waals surface area contributed by atoms with E-state index < -0.39 is 0 Å². The van der Waals surface area contributed by atoms with Gasteiger partial charge in [-0.1, -0.05) is 65.7 Å². The number of rotatable bonds is 10. The molecule has 0 saturated heterocycles. The first kappa shape index (κ1) is 16.0. The molecule has 1 aliphatic carbocycles. The zero-order chi connectivity index (χ0) is 13.3. The van der Waals surface area contributed by atoms with Crippen molar-refractivity contribution in [1.29, 1.82) is 0 Å². The lowest BCUT2D eigenvalue weighted by Crippen LogP contribution is -2.42. The molecule has 0 bridgehead atoms. The highest BCUT2D eigenvalue weighted by Gasteiger charge is 2.35. The second-order valence-corrected chi connectivity index (χ2v) is 6.57. The molecule has 1 fully saturated rings. The van der Waals surface area contributed by atoms with Crippen LogP contribution in [-0.2, 0) is 0 Å². The van der Waals surface area contributed by atoms with Gasteiger partial charge in [-0.3, -0.25) is 0 Å². The van der Waals surface area contributed by atoms with Gasteiger partial charge in [0.2, 0.25) is 0 Å². The summed E-state index contributed by atoms with van der Waals surface area (Å²) in [5.41, 5.74) is 0.597. The highest BCUT2D eigenvalue weighted by Crippen LogP contribution is 2.42. The molecular formula is C17H35N. The molecule has 1 heteroatoms. The Morgan fingerprint density at radius 3 is 2.22 bits per heavy atom. The van der Waals surface area contributed by atoms with E-state index in [4.69, 9.17) is 0 Å². The zero-order valence-corrected chi connectivity index (χ0v) is 13.1. The molecule has 1 rings (SSSR count). The highest BCUT2D eigenvalue weighted by atomic mass is 14.9. The summed E-state index contributed by atoms with van der Waals surface area (Å²) in [6.45, 7) is 8.31. The largest absolute Gasteiger partial charge is 0.313 e. The Hall–Kier alpha value is -0.0400. The van der Waals surface area contributed by atoms with Crippen LogP contribution in [0.15, 0.2) is 0 Å². The van der Waals surface area contributed by atoms with Crippen molar-refractivity contribution >= 4 is 0 Å². The maximum Gasteiger partial charge on any atom is 0.0121 e. The minimum Gasteiger partial charge on any atom is -0.313 e. The minimum atomic E-state index is 0.597. The fourth-order valence-electron chi connectivity index (χ4n) is 3.50. The molecule has 0 radical (unpaired) electrons. The Kier molecular flexibility index (Phi) is 7.97. The van der Waals surface area contributed by atoms with Gasteiger partial charge in [0.15, 0.2) is 0 Å². The molecule has 1 saturated carbocycles. The van der Waals surface area contributed by atoms with Gasteiger partial charge in [0.1, 0.15) is 0 Å². The third-order valence-electron chi connectivity index (χ3n) is 4.82. The summed E-state index contributed by atoms with van der Waals surface area (Å²) in [6.07, 6.45) is 15.6. The lowest BCUT2D eigenvalue weighted by atomic mass is 9.78. The normalized spacial score (nSPS) is 20.2. The third kappa shape index (κ3) is 5.30. The van der Waals surface area contributed by atoms with Gasteiger partial charge in [-0.25, -0.2) is 0 Å². The second-order valence-electron chi connectivity index (χ2n) is 6.57. The predicted molar refractivity (Wildman–Crippen MR) is 82.0 cm³/mol. The van der Waals surface area contributed by atoms with Crippen LogP contribution in [0, 0.1) is 5.41 Å². The Bertz CT molecular complexity index is 194. The SMILES string of the molecule is CCCCCCCC(NCCC)C1(C)CCCC1. The smallest absolute Gasteiger partial charge is 0.0121 e. The van der Waals surface area contributed by atoms with Gasteiger partial charge in [-0.05, 0) is 37.6 Å². The monoisotopic (exact) mass is 253 g/mol. The molecule has 108 valence electrons. The quantitative estimate of drug-likeness (QED) is 0.521. The van der Waals surface area contributed by atoms with E-state index in [1.165, 1.54) is 77.2 Å². The summed E-state index contributed by atoms with van der Waals surface area (Å²) in [4.78, 5) is 0. The lowest BCUT2D eigenvalue weighted by Gasteiger charge is -2.35. The average molecular weight is 253 g/mol. The zero-order valence-electron chi connectivity index (χ0n) is 13.1. The number of hydrogen-bond donors (Lipinski definition) is 1. The molecule has 0 spiro atoms. The molecule has 0 amide bonds. The van der Waals surface area contributed by atoms with Crippen LogP contribution in [0.3, 0.4) is 0 Å². The molecule has 1 N–H and O–H groups in total. The summed E-state index contributed by atoms with van der Waals surface area (Å²) in [5, 5.41) is 3.84. The molecule has 1 nitrogen and oxygen atoms in total. The summed E-state index contributed by atoms with van der Waals surface area (Å²) >= 11 is 0. The van der Waals surface area contributed by atoms with Crippen molar-refractivity contribution in [2.24, 2.45) is 5.41 Å². The van der Waals surface area contributed by atoms with Gasteiger partial charge in [0.25, 0.3) is 0 Å². The van der Waals surface area contributed by atoms with Gasteiger partial charge in [-0.2, -0.15) is 0 Å². The van der Waals surface area contributed by atoms with Crippen molar-refractivity contribution in [1.82, 2.24) is 5.32 Å². The van der Waals surface area contributed by atoms with E-state index in [0.717, 1.165) is 6.04 Å². The summed E-state index contributed by atoms with van der Waals surface area (Å²) < 4.78 is 0. The molecule has 18 heavy (non-hydrogen) atoms. The molecule has 1 atom stereocenters. The van der Waals surface area contributed by atoms with Crippen LogP contribution >= 0.6 is 0 Å². The Morgan fingerprint density at radius 2 is 1.61 bits per heavy atom. The molecule has 0 aromatic heterocycles. The number of unbranched alkanes of at least 4 members (excludes halogenated alkanes) is 4. The molecular weight excluding hydrogens is 218 g/mol. The molecule has 0 aromatic rings. The van der Waals surface area contributed by atoms with Crippen LogP contribution in [0.5, 0.6) is 0 Å². The first-order valence-electron chi connectivity index (χ1n) is 8.46. The Morgan fingerprint density at radius 1 is 0.944 bits per heavy atom.